The first kappa shape index (κ1) is 11.2. The average molecular weight is 217 g/mol. The van der Waals surface area contributed by atoms with Gasteiger partial charge in [0, 0.05) is 6.42 Å². The first-order valence-electron chi connectivity index (χ1n) is 3.05. The highest BCUT2D eigenvalue weighted by atomic mass is 35.5. The minimum absolute atomic E-state index is 0.231. The van der Waals surface area contributed by atoms with Crippen LogP contribution in [0.5, 0.6) is 0 Å². The molecule has 0 aliphatic carbocycles. The van der Waals surface area contributed by atoms with Gasteiger partial charge in [0.15, 0.2) is 0 Å². The standard InChI is InChI=1S/C6H7Cl3O2/c7-4(6(9)11)2-1-3-5(8)10/h4H,1-3H2. The molecule has 2 nitrogen and oxygen atoms in total. The van der Waals surface area contributed by atoms with E-state index >= 15 is 0 Å². The van der Waals surface area contributed by atoms with Gasteiger partial charge in [-0.3, -0.25) is 9.59 Å². The maximum absolute atomic E-state index is 10.3. The Morgan fingerprint density at radius 3 is 2.18 bits per heavy atom. The summed E-state index contributed by atoms with van der Waals surface area (Å²) in [6.45, 7) is 0. The van der Waals surface area contributed by atoms with Crippen LogP contribution in [0.15, 0.2) is 0 Å². The molecular weight excluding hydrogens is 210 g/mol. The Balaban J connectivity index is 3.39. The fraction of sp³-hybridized carbons (Fsp3) is 0.667. The highest BCUT2D eigenvalue weighted by Crippen LogP contribution is 2.11. The summed E-state index contributed by atoms with van der Waals surface area (Å²) in [7, 11) is 0. The smallest absolute Gasteiger partial charge is 0.239 e. The van der Waals surface area contributed by atoms with Crippen molar-refractivity contribution in [1.29, 1.82) is 0 Å². The van der Waals surface area contributed by atoms with E-state index in [1.807, 2.05) is 0 Å². The van der Waals surface area contributed by atoms with E-state index in [1.54, 1.807) is 0 Å². The summed E-state index contributed by atoms with van der Waals surface area (Å²) in [6.07, 6.45) is 1.12. The Bertz CT molecular complexity index is 158. The fourth-order valence-corrected chi connectivity index (χ4v) is 0.931. The van der Waals surface area contributed by atoms with Crippen LogP contribution in [-0.4, -0.2) is 15.9 Å². The number of carbonyl (C=O) groups excluding carboxylic acids is 2. The van der Waals surface area contributed by atoms with Crippen LogP contribution in [0.4, 0.5) is 0 Å². The van der Waals surface area contributed by atoms with Crippen LogP contribution in [0.3, 0.4) is 0 Å². The van der Waals surface area contributed by atoms with E-state index in [1.165, 1.54) is 0 Å². The van der Waals surface area contributed by atoms with Crippen molar-refractivity contribution in [2.24, 2.45) is 0 Å². The lowest BCUT2D eigenvalue weighted by molar-refractivity contribution is -0.113. The molecule has 0 heterocycles. The molecular formula is C6H7Cl3O2. The first-order chi connectivity index (χ1) is 5.04. The third-order valence-electron chi connectivity index (χ3n) is 1.08. The first-order valence-corrected chi connectivity index (χ1v) is 4.25. The van der Waals surface area contributed by atoms with Crippen LogP contribution in [0, 0.1) is 0 Å². The molecule has 1 atom stereocenters. The van der Waals surface area contributed by atoms with Gasteiger partial charge in [-0.1, -0.05) is 0 Å². The molecule has 1 unspecified atom stereocenters. The molecule has 0 rings (SSSR count). The van der Waals surface area contributed by atoms with Gasteiger partial charge in [0.05, 0.1) is 0 Å². The number of hydrogen-bond acceptors (Lipinski definition) is 2. The summed E-state index contributed by atoms with van der Waals surface area (Å²) < 4.78 is 0. The lowest BCUT2D eigenvalue weighted by atomic mass is 10.2. The number of hydrogen-bond donors (Lipinski definition) is 0. The van der Waals surface area contributed by atoms with Gasteiger partial charge in [0.1, 0.15) is 5.38 Å². The third-order valence-corrected chi connectivity index (χ3v) is 2.06. The third kappa shape index (κ3) is 6.60. The average Bonchev–Trinajstić information content (AvgIpc) is 1.86. The molecule has 11 heavy (non-hydrogen) atoms. The van der Waals surface area contributed by atoms with E-state index in [-0.39, 0.29) is 6.42 Å². The van der Waals surface area contributed by atoms with E-state index in [2.05, 4.69) is 0 Å². The summed E-state index contributed by atoms with van der Waals surface area (Å²) in [5.74, 6) is 0. The van der Waals surface area contributed by atoms with Crippen LogP contribution in [0.2, 0.25) is 0 Å². The maximum atomic E-state index is 10.3. The highest BCUT2D eigenvalue weighted by Gasteiger charge is 2.11. The summed E-state index contributed by atoms with van der Waals surface area (Å²) in [6, 6.07) is 0. The molecule has 5 heteroatoms. The van der Waals surface area contributed by atoms with E-state index in [0.29, 0.717) is 12.8 Å². The van der Waals surface area contributed by atoms with Gasteiger partial charge in [0.25, 0.3) is 0 Å². The number of carbonyl (C=O) groups is 2. The Kier molecular flexibility index (Phi) is 5.92. The Labute approximate surface area is 79.8 Å². The minimum Gasteiger partial charge on any atom is -0.281 e. The molecule has 0 N–H and O–H groups in total. The van der Waals surface area contributed by atoms with Crippen LogP contribution in [0.1, 0.15) is 19.3 Å². The molecule has 0 radical (unpaired) electrons. The molecule has 64 valence electrons. The molecule has 0 aromatic carbocycles. The normalized spacial score (nSPS) is 12.6. The van der Waals surface area contributed by atoms with Crippen molar-refractivity contribution < 1.29 is 9.59 Å². The van der Waals surface area contributed by atoms with Crippen molar-refractivity contribution in [3.63, 3.8) is 0 Å². The summed E-state index contributed by atoms with van der Waals surface area (Å²) in [5.41, 5.74) is 0. The molecule has 0 aliphatic heterocycles. The second kappa shape index (κ2) is 5.81. The van der Waals surface area contributed by atoms with Gasteiger partial charge in [-0.25, -0.2) is 0 Å². The molecule has 0 bridgehead atoms. The van der Waals surface area contributed by atoms with E-state index in [9.17, 15) is 9.59 Å². The lowest BCUT2D eigenvalue weighted by Gasteiger charge is -2.00. The topological polar surface area (TPSA) is 34.1 Å². The predicted octanol–water partition coefficient (Wildman–Crippen LogP) is 2.29. The van der Waals surface area contributed by atoms with Crippen molar-refractivity contribution in [1.82, 2.24) is 0 Å². The van der Waals surface area contributed by atoms with Gasteiger partial charge in [-0.05, 0) is 36.0 Å². The number of halogens is 3. The Hall–Kier alpha value is 0.210. The predicted molar refractivity (Wildman–Crippen MR) is 45.2 cm³/mol. The summed E-state index contributed by atoms with van der Waals surface area (Å²) in [5, 5.41) is -1.71. The van der Waals surface area contributed by atoms with Gasteiger partial charge >= 0.3 is 0 Å². The molecule has 0 saturated carbocycles. The Morgan fingerprint density at radius 2 is 1.82 bits per heavy atom. The van der Waals surface area contributed by atoms with Crippen molar-refractivity contribution >= 4 is 45.3 Å². The second-order valence-electron chi connectivity index (χ2n) is 2.02. The number of alkyl halides is 1. The zero-order chi connectivity index (χ0) is 8.85. The maximum Gasteiger partial charge on any atom is 0.239 e. The second-order valence-corrected chi connectivity index (χ2v) is 3.34. The van der Waals surface area contributed by atoms with Crippen molar-refractivity contribution in [3.05, 3.63) is 0 Å². The summed E-state index contributed by atoms with van der Waals surface area (Å²) in [4.78, 5) is 20.5. The monoisotopic (exact) mass is 216 g/mol. The van der Waals surface area contributed by atoms with Crippen molar-refractivity contribution in [3.8, 4) is 0 Å². The van der Waals surface area contributed by atoms with Gasteiger partial charge in [0.2, 0.25) is 10.5 Å². The molecule has 0 aromatic rings. The summed E-state index contributed by atoms with van der Waals surface area (Å²) >= 11 is 15.6. The lowest BCUT2D eigenvalue weighted by Crippen LogP contribution is -2.07. The van der Waals surface area contributed by atoms with Crippen LogP contribution in [0.25, 0.3) is 0 Å². The Morgan fingerprint density at radius 1 is 1.27 bits per heavy atom. The van der Waals surface area contributed by atoms with Crippen LogP contribution < -0.4 is 0 Å². The quantitative estimate of drug-likeness (QED) is 0.523. The van der Waals surface area contributed by atoms with Crippen LogP contribution >= 0.6 is 34.8 Å². The number of rotatable bonds is 5. The van der Waals surface area contributed by atoms with Gasteiger partial charge in [-0.15, -0.1) is 11.6 Å². The molecule has 0 spiro atoms. The van der Waals surface area contributed by atoms with Crippen molar-refractivity contribution in [2.45, 2.75) is 24.6 Å². The van der Waals surface area contributed by atoms with Crippen molar-refractivity contribution in [2.75, 3.05) is 0 Å². The molecule has 0 aromatic heterocycles. The van der Waals surface area contributed by atoms with E-state index in [4.69, 9.17) is 34.8 Å². The molecule has 0 amide bonds. The largest absolute Gasteiger partial charge is 0.281 e. The zero-order valence-corrected chi connectivity index (χ0v) is 7.92. The van der Waals surface area contributed by atoms with Gasteiger partial charge in [-0.2, -0.15) is 0 Å². The SMILES string of the molecule is O=C(Cl)CCCC(Cl)C(=O)Cl. The fourth-order valence-electron chi connectivity index (χ4n) is 0.534. The molecule has 0 saturated heterocycles. The highest BCUT2D eigenvalue weighted by molar-refractivity contribution is 6.69. The van der Waals surface area contributed by atoms with E-state index < -0.39 is 15.9 Å². The van der Waals surface area contributed by atoms with Gasteiger partial charge < -0.3 is 0 Å². The zero-order valence-electron chi connectivity index (χ0n) is 5.65. The minimum atomic E-state index is -0.701. The van der Waals surface area contributed by atoms with E-state index in [0.717, 1.165) is 0 Å². The molecule has 0 aliphatic rings. The molecule has 0 fully saturated rings. The van der Waals surface area contributed by atoms with Crippen LogP contribution in [-0.2, 0) is 9.59 Å².